The van der Waals surface area contributed by atoms with E-state index in [1.807, 2.05) is 0 Å². The second kappa shape index (κ2) is 6.61. The molecule has 2 heteroatoms. The lowest BCUT2D eigenvalue weighted by atomic mass is 9.81. The molecule has 0 aromatic heterocycles. The Bertz CT molecular complexity index is 185. The summed E-state index contributed by atoms with van der Waals surface area (Å²) in [5.41, 5.74) is 0. The van der Waals surface area contributed by atoms with Crippen molar-refractivity contribution in [2.24, 2.45) is 11.8 Å². The number of hydrogen-bond donors (Lipinski definition) is 1. The van der Waals surface area contributed by atoms with Gasteiger partial charge in [0.05, 0.1) is 0 Å². The van der Waals surface area contributed by atoms with Gasteiger partial charge in [-0.3, -0.25) is 0 Å². The predicted octanol–water partition coefficient (Wildman–Crippen LogP) is 2.74. The Kier molecular flexibility index (Phi) is 5.77. The van der Waals surface area contributed by atoms with Crippen molar-refractivity contribution in [2.45, 2.75) is 58.5 Å². The first-order valence-electron chi connectivity index (χ1n) is 6.89. The van der Waals surface area contributed by atoms with Crippen LogP contribution in [0.4, 0.5) is 0 Å². The third-order valence-electron chi connectivity index (χ3n) is 3.78. The van der Waals surface area contributed by atoms with Crippen molar-refractivity contribution < 1.29 is 0 Å². The Morgan fingerprint density at radius 3 is 2.19 bits per heavy atom. The standard InChI is InChI=1S/C14H30N2/c1-11(2)14(10-16(4)5)15-12(3)9-13-7-6-8-13/h11-15H,6-10H2,1-5H3. The second-order valence-corrected chi connectivity index (χ2v) is 6.21. The Labute approximate surface area is 102 Å². The van der Waals surface area contributed by atoms with E-state index in [0.717, 1.165) is 12.5 Å². The third kappa shape index (κ3) is 4.84. The van der Waals surface area contributed by atoms with Crippen molar-refractivity contribution in [1.29, 1.82) is 0 Å². The summed E-state index contributed by atoms with van der Waals surface area (Å²) in [4.78, 5) is 2.29. The fraction of sp³-hybridized carbons (Fsp3) is 1.00. The lowest BCUT2D eigenvalue weighted by molar-refractivity contribution is 0.226. The first kappa shape index (κ1) is 14.0. The van der Waals surface area contributed by atoms with Gasteiger partial charge >= 0.3 is 0 Å². The summed E-state index contributed by atoms with van der Waals surface area (Å²) in [6, 6.07) is 1.31. The Morgan fingerprint density at radius 1 is 1.19 bits per heavy atom. The van der Waals surface area contributed by atoms with E-state index in [1.165, 1.54) is 25.7 Å². The highest BCUT2D eigenvalue weighted by Gasteiger charge is 2.22. The molecular formula is C14H30N2. The highest BCUT2D eigenvalue weighted by atomic mass is 15.1. The number of nitrogens with one attached hydrogen (secondary N) is 1. The number of hydrogen-bond acceptors (Lipinski definition) is 2. The summed E-state index contributed by atoms with van der Waals surface area (Å²) >= 11 is 0. The van der Waals surface area contributed by atoms with Gasteiger partial charge in [0.15, 0.2) is 0 Å². The molecule has 0 radical (unpaired) electrons. The van der Waals surface area contributed by atoms with E-state index in [-0.39, 0.29) is 0 Å². The molecule has 96 valence electrons. The normalized spacial score (nSPS) is 21.2. The largest absolute Gasteiger partial charge is 0.310 e. The molecule has 0 heterocycles. The van der Waals surface area contributed by atoms with E-state index in [2.05, 4.69) is 45.1 Å². The minimum atomic E-state index is 0.630. The molecule has 0 spiro atoms. The third-order valence-corrected chi connectivity index (χ3v) is 3.78. The topological polar surface area (TPSA) is 15.3 Å². The zero-order chi connectivity index (χ0) is 12.1. The van der Waals surface area contributed by atoms with Gasteiger partial charge in [-0.1, -0.05) is 33.1 Å². The van der Waals surface area contributed by atoms with E-state index in [1.54, 1.807) is 0 Å². The molecule has 2 atom stereocenters. The van der Waals surface area contributed by atoms with Gasteiger partial charge < -0.3 is 10.2 Å². The molecule has 1 aliphatic carbocycles. The molecule has 0 bridgehead atoms. The minimum Gasteiger partial charge on any atom is -0.310 e. The molecule has 1 saturated carbocycles. The van der Waals surface area contributed by atoms with Crippen molar-refractivity contribution in [2.75, 3.05) is 20.6 Å². The molecule has 0 saturated heterocycles. The van der Waals surface area contributed by atoms with Crippen molar-refractivity contribution in [3.63, 3.8) is 0 Å². The minimum absolute atomic E-state index is 0.630. The van der Waals surface area contributed by atoms with Crippen molar-refractivity contribution >= 4 is 0 Å². The fourth-order valence-electron chi connectivity index (χ4n) is 2.51. The van der Waals surface area contributed by atoms with Gasteiger partial charge in [-0.2, -0.15) is 0 Å². The van der Waals surface area contributed by atoms with Crippen LogP contribution >= 0.6 is 0 Å². The van der Waals surface area contributed by atoms with Crippen LogP contribution < -0.4 is 5.32 Å². The average Bonchev–Trinajstić information content (AvgIpc) is 2.09. The van der Waals surface area contributed by atoms with Crippen LogP contribution in [0, 0.1) is 11.8 Å². The van der Waals surface area contributed by atoms with Gasteiger partial charge in [0.1, 0.15) is 0 Å². The van der Waals surface area contributed by atoms with Crippen LogP contribution in [-0.4, -0.2) is 37.6 Å². The summed E-state index contributed by atoms with van der Waals surface area (Å²) in [5, 5.41) is 3.81. The van der Waals surface area contributed by atoms with E-state index >= 15 is 0 Å². The quantitative estimate of drug-likeness (QED) is 0.718. The lowest BCUT2D eigenvalue weighted by Gasteiger charge is -2.33. The molecule has 0 aromatic rings. The Hall–Kier alpha value is -0.0800. The molecule has 1 N–H and O–H groups in total. The molecule has 0 amide bonds. The maximum Gasteiger partial charge on any atom is 0.0220 e. The van der Waals surface area contributed by atoms with Gasteiger partial charge in [-0.05, 0) is 39.3 Å². The first-order chi connectivity index (χ1) is 7.49. The fourth-order valence-corrected chi connectivity index (χ4v) is 2.51. The lowest BCUT2D eigenvalue weighted by Crippen LogP contribution is -2.46. The van der Waals surface area contributed by atoms with Crippen LogP contribution in [0.2, 0.25) is 0 Å². The van der Waals surface area contributed by atoms with Gasteiger partial charge in [-0.25, -0.2) is 0 Å². The van der Waals surface area contributed by atoms with E-state index < -0.39 is 0 Å². The predicted molar refractivity (Wildman–Crippen MR) is 71.7 cm³/mol. The van der Waals surface area contributed by atoms with E-state index in [4.69, 9.17) is 0 Å². The van der Waals surface area contributed by atoms with Gasteiger partial charge in [0.2, 0.25) is 0 Å². The van der Waals surface area contributed by atoms with Crippen molar-refractivity contribution in [3.8, 4) is 0 Å². The number of likely N-dealkylation sites (N-methyl/N-ethyl adjacent to an activating group) is 1. The van der Waals surface area contributed by atoms with Crippen molar-refractivity contribution in [1.82, 2.24) is 10.2 Å². The van der Waals surface area contributed by atoms with E-state index in [0.29, 0.717) is 18.0 Å². The molecule has 2 nitrogen and oxygen atoms in total. The molecule has 0 aromatic carbocycles. The summed E-state index contributed by atoms with van der Waals surface area (Å²) in [7, 11) is 4.32. The summed E-state index contributed by atoms with van der Waals surface area (Å²) < 4.78 is 0. The molecular weight excluding hydrogens is 196 g/mol. The van der Waals surface area contributed by atoms with Crippen LogP contribution in [0.15, 0.2) is 0 Å². The molecule has 0 aliphatic heterocycles. The Balaban J connectivity index is 2.28. The summed E-state index contributed by atoms with van der Waals surface area (Å²) in [6.45, 7) is 8.13. The van der Waals surface area contributed by atoms with Gasteiger partial charge in [-0.15, -0.1) is 0 Å². The monoisotopic (exact) mass is 226 g/mol. The maximum atomic E-state index is 3.81. The molecule has 1 fully saturated rings. The summed E-state index contributed by atoms with van der Waals surface area (Å²) in [5.74, 6) is 1.72. The zero-order valence-corrected chi connectivity index (χ0v) is 11.8. The number of nitrogens with zero attached hydrogens (tertiary/aromatic N) is 1. The van der Waals surface area contributed by atoms with Crippen LogP contribution in [0.25, 0.3) is 0 Å². The average molecular weight is 226 g/mol. The molecule has 2 unspecified atom stereocenters. The SMILES string of the molecule is CC(CC1CCC1)NC(CN(C)C)C(C)C. The highest BCUT2D eigenvalue weighted by Crippen LogP contribution is 2.30. The first-order valence-corrected chi connectivity index (χ1v) is 6.89. The Morgan fingerprint density at radius 2 is 1.81 bits per heavy atom. The number of rotatable bonds is 7. The molecule has 16 heavy (non-hydrogen) atoms. The van der Waals surface area contributed by atoms with Gasteiger partial charge in [0.25, 0.3) is 0 Å². The van der Waals surface area contributed by atoms with Crippen LogP contribution in [0.5, 0.6) is 0 Å². The highest BCUT2D eigenvalue weighted by molar-refractivity contribution is 4.80. The molecule has 1 rings (SSSR count). The maximum absolute atomic E-state index is 3.81. The van der Waals surface area contributed by atoms with Crippen LogP contribution in [0.3, 0.4) is 0 Å². The summed E-state index contributed by atoms with van der Waals surface area (Å²) in [6.07, 6.45) is 5.76. The molecule has 1 aliphatic rings. The smallest absolute Gasteiger partial charge is 0.0220 e. The van der Waals surface area contributed by atoms with Gasteiger partial charge in [0, 0.05) is 18.6 Å². The second-order valence-electron chi connectivity index (χ2n) is 6.21. The van der Waals surface area contributed by atoms with Crippen molar-refractivity contribution in [3.05, 3.63) is 0 Å². The van der Waals surface area contributed by atoms with Crippen LogP contribution in [-0.2, 0) is 0 Å². The van der Waals surface area contributed by atoms with E-state index in [9.17, 15) is 0 Å². The van der Waals surface area contributed by atoms with Crippen LogP contribution in [0.1, 0.15) is 46.5 Å². The zero-order valence-electron chi connectivity index (χ0n) is 11.8.